The van der Waals surface area contributed by atoms with E-state index in [2.05, 4.69) is 21.9 Å². The molecule has 2 amide bonds. The summed E-state index contributed by atoms with van der Waals surface area (Å²) in [5.74, 6) is 0.597. The molecule has 1 aliphatic carbocycles. The lowest BCUT2D eigenvalue weighted by Gasteiger charge is -2.22. The van der Waals surface area contributed by atoms with Crippen LogP contribution in [0.2, 0.25) is 0 Å². The third-order valence-corrected chi connectivity index (χ3v) is 7.16. The molecule has 2 aromatic heterocycles. The summed E-state index contributed by atoms with van der Waals surface area (Å²) >= 11 is 1.40. The maximum Gasteiger partial charge on any atom is 0.407 e. The quantitative estimate of drug-likeness (QED) is 0.502. The van der Waals surface area contributed by atoms with E-state index in [-0.39, 0.29) is 24.5 Å². The molecular formula is C25H26N4O4S. The van der Waals surface area contributed by atoms with Gasteiger partial charge in [-0.1, -0.05) is 42.4 Å². The van der Waals surface area contributed by atoms with Gasteiger partial charge in [0.05, 0.1) is 18.3 Å². The SMILES string of the molecule is Cc1oncc1CNC(=O)OC1CCc2c(sc(NC(=O)CC(C)c3ccccc3)c2C#N)C1. The van der Waals surface area contributed by atoms with E-state index in [1.165, 1.54) is 11.3 Å². The van der Waals surface area contributed by atoms with E-state index in [0.717, 1.165) is 21.6 Å². The molecule has 4 rings (SSSR count). The normalized spacial score (nSPS) is 15.6. The van der Waals surface area contributed by atoms with Crippen molar-refractivity contribution in [1.29, 1.82) is 5.26 Å². The van der Waals surface area contributed by atoms with Crippen molar-refractivity contribution in [3.63, 3.8) is 0 Å². The molecule has 2 atom stereocenters. The molecule has 0 fully saturated rings. The van der Waals surface area contributed by atoms with Crippen LogP contribution in [0.1, 0.15) is 58.6 Å². The highest BCUT2D eigenvalue weighted by Crippen LogP contribution is 2.38. The number of fused-ring (bicyclic) bond motifs is 1. The molecule has 1 aliphatic rings. The van der Waals surface area contributed by atoms with E-state index in [1.807, 2.05) is 37.3 Å². The summed E-state index contributed by atoms with van der Waals surface area (Å²) in [5.41, 5.74) is 3.36. The van der Waals surface area contributed by atoms with Gasteiger partial charge in [-0.05, 0) is 36.8 Å². The fraction of sp³-hybridized carbons (Fsp3) is 0.360. The van der Waals surface area contributed by atoms with Crippen molar-refractivity contribution in [2.75, 3.05) is 5.32 Å². The van der Waals surface area contributed by atoms with Gasteiger partial charge in [0.2, 0.25) is 5.91 Å². The summed E-state index contributed by atoms with van der Waals surface area (Å²) in [6.07, 6.45) is 2.86. The molecule has 2 unspecified atom stereocenters. The monoisotopic (exact) mass is 478 g/mol. The van der Waals surface area contributed by atoms with E-state index in [9.17, 15) is 14.9 Å². The van der Waals surface area contributed by atoms with Gasteiger partial charge in [0.1, 0.15) is 22.9 Å². The van der Waals surface area contributed by atoms with Gasteiger partial charge in [0.25, 0.3) is 0 Å². The maximum atomic E-state index is 12.7. The van der Waals surface area contributed by atoms with Gasteiger partial charge < -0.3 is 19.9 Å². The average molecular weight is 479 g/mol. The fourth-order valence-electron chi connectivity index (χ4n) is 4.07. The number of hydrogen-bond donors (Lipinski definition) is 2. The van der Waals surface area contributed by atoms with E-state index in [0.29, 0.717) is 42.0 Å². The van der Waals surface area contributed by atoms with Gasteiger partial charge in [-0.2, -0.15) is 5.26 Å². The smallest absolute Gasteiger partial charge is 0.407 e. The molecule has 1 aromatic carbocycles. The number of benzene rings is 1. The van der Waals surface area contributed by atoms with Crippen molar-refractivity contribution in [3.05, 3.63) is 69.4 Å². The van der Waals surface area contributed by atoms with Crippen molar-refractivity contribution < 1.29 is 18.8 Å². The number of thiophene rings is 1. The summed E-state index contributed by atoms with van der Waals surface area (Å²) in [5, 5.41) is 19.6. The highest BCUT2D eigenvalue weighted by molar-refractivity contribution is 7.16. The van der Waals surface area contributed by atoms with Crippen molar-refractivity contribution in [1.82, 2.24) is 10.5 Å². The first kappa shape index (κ1) is 23.5. The van der Waals surface area contributed by atoms with Crippen molar-refractivity contribution >= 4 is 28.3 Å². The molecule has 0 spiro atoms. The van der Waals surface area contributed by atoms with Crippen molar-refractivity contribution in [2.24, 2.45) is 0 Å². The molecule has 2 heterocycles. The van der Waals surface area contributed by atoms with Crippen LogP contribution in [0.25, 0.3) is 0 Å². The zero-order chi connectivity index (χ0) is 24.1. The third-order valence-electron chi connectivity index (χ3n) is 5.99. The lowest BCUT2D eigenvalue weighted by molar-refractivity contribution is -0.116. The number of carbonyl (C=O) groups excluding carboxylic acids is 2. The van der Waals surface area contributed by atoms with Gasteiger partial charge >= 0.3 is 6.09 Å². The van der Waals surface area contributed by atoms with Crippen LogP contribution >= 0.6 is 11.3 Å². The summed E-state index contributed by atoms with van der Waals surface area (Å²) in [6.45, 7) is 4.07. The number of rotatable bonds is 7. The zero-order valence-electron chi connectivity index (χ0n) is 19.1. The number of hydrogen-bond acceptors (Lipinski definition) is 7. The number of nitrogens with one attached hydrogen (secondary N) is 2. The Labute approximate surface area is 201 Å². The number of carbonyl (C=O) groups is 2. The van der Waals surface area contributed by atoms with E-state index in [1.54, 1.807) is 13.1 Å². The van der Waals surface area contributed by atoms with E-state index in [4.69, 9.17) is 9.26 Å². The Hall–Kier alpha value is -3.64. The van der Waals surface area contributed by atoms with Crippen LogP contribution < -0.4 is 10.6 Å². The fourth-order valence-corrected chi connectivity index (χ4v) is 5.35. The largest absolute Gasteiger partial charge is 0.446 e. The molecular weight excluding hydrogens is 452 g/mol. The van der Waals surface area contributed by atoms with Crippen LogP contribution in [0, 0.1) is 18.3 Å². The molecule has 34 heavy (non-hydrogen) atoms. The highest BCUT2D eigenvalue weighted by atomic mass is 32.1. The second-order valence-electron chi connectivity index (χ2n) is 8.41. The lowest BCUT2D eigenvalue weighted by atomic mass is 9.93. The summed E-state index contributed by atoms with van der Waals surface area (Å²) in [6, 6.07) is 12.1. The Morgan fingerprint density at radius 2 is 2.15 bits per heavy atom. The molecule has 176 valence electrons. The molecule has 0 bridgehead atoms. The maximum absolute atomic E-state index is 12.7. The number of anilines is 1. The van der Waals surface area contributed by atoms with E-state index < -0.39 is 6.09 Å². The van der Waals surface area contributed by atoms with Gasteiger partial charge in [-0.3, -0.25) is 4.79 Å². The number of aryl methyl sites for hydroxylation is 1. The average Bonchev–Trinajstić information content (AvgIpc) is 3.39. The van der Waals surface area contributed by atoms with Gasteiger partial charge in [0, 0.05) is 23.3 Å². The Morgan fingerprint density at radius 1 is 1.35 bits per heavy atom. The number of aromatic nitrogens is 1. The van der Waals surface area contributed by atoms with Gasteiger partial charge in [-0.15, -0.1) is 11.3 Å². The predicted molar refractivity (Wildman–Crippen MR) is 128 cm³/mol. The van der Waals surface area contributed by atoms with Crippen LogP contribution in [0.3, 0.4) is 0 Å². The number of ether oxygens (including phenoxy) is 1. The molecule has 3 aromatic rings. The molecule has 0 saturated heterocycles. The molecule has 0 radical (unpaired) electrons. The molecule has 0 aliphatic heterocycles. The van der Waals surface area contributed by atoms with Crippen molar-refractivity contribution in [2.45, 2.75) is 58.1 Å². The van der Waals surface area contributed by atoms with Crippen LogP contribution in [-0.2, 0) is 28.9 Å². The first-order chi connectivity index (χ1) is 16.4. The highest BCUT2D eigenvalue weighted by Gasteiger charge is 2.28. The minimum absolute atomic E-state index is 0.0687. The van der Waals surface area contributed by atoms with Gasteiger partial charge in [-0.25, -0.2) is 4.79 Å². The van der Waals surface area contributed by atoms with Crippen molar-refractivity contribution in [3.8, 4) is 6.07 Å². The summed E-state index contributed by atoms with van der Waals surface area (Å²) in [4.78, 5) is 25.9. The topological polar surface area (TPSA) is 117 Å². The number of nitrogens with zero attached hydrogens (tertiary/aromatic N) is 2. The standard InChI is InChI=1S/C25H26N4O4S/c1-15(17-6-4-3-5-7-17)10-23(30)29-24-21(12-26)20-9-8-19(11-22(20)34-24)32-25(31)27-13-18-14-28-33-16(18)2/h3-7,14-15,19H,8-11,13H2,1-2H3,(H,27,31)(H,29,30). The van der Waals surface area contributed by atoms with Gasteiger partial charge in [0.15, 0.2) is 0 Å². The van der Waals surface area contributed by atoms with Crippen LogP contribution in [0.4, 0.5) is 9.80 Å². The Morgan fingerprint density at radius 3 is 2.85 bits per heavy atom. The minimum atomic E-state index is -0.505. The Balaban J connectivity index is 1.35. The first-order valence-corrected chi connectivity index (χ1v) is 12.0. The third kappa shape index (κ3) is 5.46. The van der Waals surface area contributed by atoms with E-state index >= 15 is 0 Å². The first-order valence-electron chi connectivity index (χ1n) is 11.2. The van der Waals surface area contributed by atoms with Crippen LogP contribution in [0.5, 0.6) is 0 Å². The summed E-state index contributed by atoms with van der Waals surface area (Å²) in [7, 11) is 0. The molecule has 9 heteroatoms. The Kier molecular flexibility index (Phi) is 7.28. The van der Waals surface area contributed by atoms with Crippen LogP contribution in [0.15, 0.2) is 41.1 Å². The lowest BCUT2D eigenvalue weighted by Crippen LogP contribution is -2.31. The Bertz CT molecular complexity index is 1210. The minimum Gasteiger partial charge on any atom is -0.446 e. The number of nitriles is 1. The zero-order valence-corrected chi connectivity index (χ0v) is 19.9. The second kappa shape index (κ2) is 10.5. The predicted octanol–water partition coefficient (Wildman–Crippen LogP) is 4.83. The summed E-state index contributed by atoms with van der Waals surface area (Å²) < 4.78 is 10.6. The second-order valence-corrected chi connectivity index (χ2v) is 9.52. The molecule has 2 N–H and O–H groups in total. The van der Waals surface area contributed by atoms with Crippen LogP contribution in [-0.4, -0.2) is 23.3 Å². The molecule has 0 saturated carbocycles. The molecule has 8 nitrogen and oxygen atoms in total. The number of amides is 2. The number of alkyl carbamates (subject to hydrolysis) is 1.